The fourth-order valence-electron chi connectivity index (χ4n) is 2.85. The van der Waals surface area contributed by atoms with Crippen LogP contribution in [-0.2, 0) is 11.3 Å². The van der Waals surface area contributed by atoms with Crippen LogP contribution in [0, 0.1) is 0 Å². The molecule has 3 N–H and O–H groups in total. The number of aromatic nitrogens is 1. The lowest BCUT2D eigenvalue weighted by molar-refractivity contribution is -0.126. The van der Waals surface area contributed by atoms with Crippen molar-refractivity contribution in [3.8, 4) is 0 Å². The minimum absolute atomic E-state index is 0.0344. The van der Waals surface area contributed by atoms with Gasteiger partial charge in [-0.3, -0.25) is 4.79 Å². The highest BCUT2D eigenvalue weighted by Crippen LogP contribution is 2.27. The summed E-state index contributed by atoms with van der Waals surface area (Å²) in [5, 5.41) is 2.94. The summed E-state index contributed by atoms with van der Waals surface area (Å²) in [5.74, 6) is 0.939. The molecule has 0 spiro atoms. The minimum Gasteiger partial charge on any atom is -0.357 e. The van der Waals surface area contributed by atoms with Gasteiger partial charge in [0, 0.05) is 25.8 Å². The summed E-state index contributed by atoms with van der Waals surface area (Å²) < 4.78 is 0. The van der Waals surface area contributed by atoms with Crippen LogP contribution >= 0.6 is 0 Å². The van der Waals surface area contributed by atoms with E-state index in [9.17, 15) is 4.79 Å². The summed E-state index contributed by atoms with van der Waals surface area (Å²) in [7, 11) is 0. The highest BCUT2D eigenvalue weighted by molar-refractivity contribution is 5.86. The van der Waals surface area contributed by atoms with Gasteiger partial charge in [-0.2, -0.15) is 0 Å². The number of nitrogens with zero attached hydrogens (tertiary/aromatic N) is 2. The van der Waals surface area contributed by atoms with Crippen LogP contribution in [0.5, 0.6) is 0 Å². The molecule has 0 atom stereocenters. The molecule has 1 fully saturated rings. The van der Waals surface area contributed by atoms with E-state index < -0.39 is 5.54 Å². The average molecular weight is 290 g/mol. The number of rotatable bonds is 6. The maximum Gasteiger partial charge on any atom is 0.240 e. The largest absolute Gasteiger partial charge is 0.357 e. The molecule has 1 aliphatic rings. The molecule has 21 heavy (non-hydrogen) atoms. The molecule has 1 amide bonds. The van der Waals surface area contributed by atoms with Crippen LogP contribution < -0.4 is 16.0 Å². The van der Waals surface area contributed by atoms with Crippen LogP contribution in [0.25, 0.3) is 0 Å². The number of nitrogens with two attached hydrogens (primary N) is 1. The Morgan fingerprint density at radius 1 is 1.33 bits per heavy atom. The van der Waals surface area contributed by atoms with Crippen molar-refractivity contribution in [3.05, 3.63) is 23.9 Å². The number of hydrogen-bond donors (Lipinski definition) is 2. The lowest BCUT2D eigenvalue weighted by atomic mass is 9.98. The maximum atomic E-state index is 12.1. The number of pyridine rings is 1. The quantitative estimate of drug-likeness (QED) is 0.838. The zero-order chi connectivity index (χ0) is 15.3. The van der Waals surface area contributed by atoms with Crippen molar-refractivity contribution in [2.75, 3.05) is 18.0 Å². The third-order valence-electron chi connectivity index (χ3n) is 4.30. The van der Waals surface area contributed by atoms with Crippen LogP contribution in [0.2, 0.25) is 0 Å². The van der Waals surface area contributed by atoms with Gasteiger partial charge in [0.05, 0.1) is 5.54 Å². The van der Waals surface area contributed by atoms with Gasteiger partial charge in [-0.15, -0.1) is 0 Å². The average Bonchev–Trinajstić information content (AvgIpc) is 2.95. The molecule has 0 saturated heterocycles. The number of carbonyl (C=O) groups is 1. The predicted octanol–water partition coefficient (Wildman–Crippen LogP) is 1.82. The van der Waals surface area contributed by atoms with E-state index in [2.05, 4.69) is 29.0 Å². The van der Waals surface area contributed by atoms with Gasteiger partial charge in [-0.1, -0.05) is 18.9 Å². The molecule has 1 aromatic heterocycles. The Labute approximate surface area is 126 Å². The van der Waals surface area contributed by atoms with Gasteiger partial charge in [0.25, 0.3) is 0 Å². The van der Waals surface area contributed by atoms with Gasteiger partial charge in [0.15, 0.2) is 0 Å². The van der Waals surface area contributed by atoms with E-state index in [1.807, 2.05) is 18.3 Å². The minimum atomic E-state index is -0.658. The van der Waals surface area contributed by atoms with Crippen molar-refractivity contribution in [1.29, 1.82) is 0 Å². The summed E-state index contributed by atoms with van der Waals surface area (Å²) in [6.45, 7) is 6.59. The van der Waals surface area contributed by atoms with Gasteiger partial charge in [-0.05, 0) is 38.3 Å². The predicted molar refractivity (Wildman–Crippen MR) is 85.0 cm³/mol. The maximum absolute atomic E-state index is 12.1. The molecule has 0 radical (unpaired) electrons. The molecular weight excluding hydrogens is 264 g/mol. The van der Waals surface area contributed by atoms with Crippen LogP contribution in [0.3, 0.4) is 0 Å². The number of hydrogen-bond acceptors (Lipinski definition) is 4. The standard InChI is InChI=1S/C16H26N4O/c1-3-20(4-2)14-8-7-13(11-18-14)12-19-15(21)16(17)9-5-6-10-16/h7-8,11H,3-6,9-10,12,17H2,1-2H3,(H,19,21). The van der Waals surface area contributed by atoms with Crippen LogP contribution in [0.4, 0.5) is 5.82 Å². The Morgan fingerprint density at radius 3 is 2.52 bits per heavy atom. The number of nitrogens with one attached hydrogen (secondary N) is 1. The SMILES string of the molecule is CCN(CC)c1ccc(CNC(=O)C2(N)CCCC2)cn1. The first kappa shape index (κ1) is 15.8. The number of carbonyl (C=O) groups excluding carboxylic acids is 1. The first-order chi connectivity index (χ1) is 10.1. The monoisotopic (exact) mass is 290 g/mol. The molecule has 1 aliphatic carbocycles. The Balaban J connectivity index is 1.90. The number of amides is 1. The van der Waals surface area contributed by atoms with Crippen LogP contribution in [0.1, 0.15) is 45.1 Å². The molecule has 1 aromatic rings. The van der Waals surface area contributed by atoms with E-state index in [0.717, 1.165) is 50.2 Å². The second-order valence-corrected chi connectivity index (χ2v) is 5.74. The van der Waals surface area contributed by atoms with E-state index in [-0.39, 0.29) is 5.91 Å². The van der Waals surface area contributed by atoms with Crippen molar-refractivity contribution in [3.63, 3.8) is 0 Å². The molecule has 2 rings (SSSR count). The number of anilines is 1. The third kappa shape index (κ3) is 3.73. The molecular formula is C16H26N4O. The molecule has 0 bridgehead atoms. The van der Waals surface area contributed by atoms with E-state index >= 15 is 0 Å². The second kappa shape index (κ2) is 6.89. The highest BCUT2D eigenvalue weighted by Gasteiger charge is 2.36. The van der Waals surface area contributed by atoms with Crippen molar-refractivity contribution >= 4 is 11.7 Å². The lowest BCUT2D eigenvalue weighted by Crippen LogP contribution is -2.51. The van der Waals surface area contributed by atoms with E-state index in [0.29, 0.717) is 6.54 Å². The van der Waals surface area contributed by atoms with Crippen molar-refractivity contribution in [1.82, 2.24) is 10.3 Å². The zero-order valence-corrected chi connectivity index (χ0v) is 13.1. The Kier molecular flexibility index (Phi) is 5.17. The van der Waals surface area contributed by atoms with E-state index in [1.54, 1.807) is 0 Å². The molecule has 0 unspecified atom stereocenters. The lowest BCUT2D eigenvalue weighted by Gasteiger charge is -2.22. The summed E-state index contributed by atoms with van der Waals surface area (Å²) in [5.41, 5.74) is 6.47. The zero-order valence-electron chi connectivity index (χ0n) is 13.1. The van der Waals surface area contributed by atoms with Gasteiger partial charge >= 0.3 is 0 Å². The van der Waals surface area contributed by atoms with Gasteiger partial charge in [0.1, 0.15) is 5.82 Å². The first-order valence-electron chi connectivity index (χ1n) is 7.86. The second-order valence-electron chi connectivity index (χ2n) is 5.74. The van der Waals surface area contributed by atoms with Crippen LogP contribution in [0.15, 0.2) is 18.3 Å². The topological polar surface area (TPSA) is 71.2 Å². The fourth-order valence-corrected chi connectivity index (χ4v) is 2.85. The summed E-state index contributed by atoms with van der Waals surface area (Å²) in [6.07, 6.45) is 5.50. The smallest absolute Gasteiger partial charge is 0.240 e. The molecule has 116 valence electrons. The first-order valence-corrected chi connectivity index (χ1v) is 7.86. The van der Waals surface area contributed by atoms with E-state index in [4.69, 9.17) is 5.73 Å². The molecule has 1 saturated carbocycles. The third-order valence-corrected chi connectivity index (χ3v) is 4.30. The summed E-state index contributed by atoms with van der Waals surface area (Å²) >= 11 is 0. The van der Waals surface area contributed by atoms with Crippen molar-refractivity contribution < 1.29 is 4.79 Å². The highest BCUT2D eigenvalue weighted by atomic mass is 16.2. The molecule has 5 nitrogen and oxygen atoms in total. The Morgan fingerprint density at radius 2 is 2.00 bits per heavy atom. The molecule has 0 aromatic carbocycles. The molecule has 0 aliphatic heterocycles. The molecule has 5 heteroatoms. The Bertz CT molecular complexity index is 462. The van der Waals surface area contributed by atoms with Gasteiger partial charge in [0.2, 0.25) is 5.91 Å². The summed E-state index contributed by atoms with van der Waals surface area (Å²) in [6, 6.07) is 4.01. The fraction of sp³-hybridized carbons (Fsp3) is 0.625. The van der Waals surface area contributed by atoms with E-state index in [1.165, 1.54) is 0 Å². The Hall–Kier alpha value is -1.62. The summed E-state index contributed by atoms with van der Waals surface area (Å²) in [4.78, 5) is 18.8. The van der Waals surface area contributed by atoms with Crippen molar-refractivity contribution in [2.45, 2.75) is 51.6 Å². The van der Waals surface area contributed by atoms with Gasteiger partial charge in [-0.25, -0.2) is 4.98 Å². The van der Waals surface area contributed by atoms with Crippen LogP contribution in [-0.4, -0.2) is 29.5 Å². The van der Waals surface area contributed by atoms with Crippen molar-refractivity contribution in [2.24, 2.45) is 5.73 Å². The normalized spacial score (nSPS) is 16.7. The van der Waals surface area contributed by atoms with Gasteiger partial charge < -0.3 is 16.0 Å². The molecule has 1 heterocycles.